The molecule has 6 nitrogen and oxygen atoms in total. The van der Waals surface area contributed by atoms with Crippen molar-refractivity contribution in [3.05, 3.63) is 30.5 Å². The molecule has 0 amide bonds. The fourth-order valence-electron chi connectivity index (χ4n) is 2.52. The van der Waals surface area contributed by atoms with Crippen molar-refractivity contribution in [1.82, 2.24) is 19.7 Å². The van der Waals surface area contributed by atoms with E-state index in [9.17, 15) is 4.79 Å². The number of aromatic nitrogens is 3. The van der Waals surface area contributed by atoms with Crippen molar-refractivity contribution in [3.63, 3.8) is 0 Å². The third-order valence-corrected chi connectivity index (χ3v) is 3.41. The van der Waals surface area contributed by atoms with Gasteiger partial charge in [0.2, 0.25) is 0 Å². The lowest BCUT2D eigenvalue weighted by atomic mass is 9.91. The minimum Gasteiger partial charge on any atom is -0.480 e. The Labute approximate surface area is 104 Å². The third-order valence-electron chi connectivity index (χ3n) is 3.41. The summed E-state index contributed by atoms with van der Waals surface area (Å²) in [6.45, 7) is 0.703. The highest BCUT2D eigenvalue weighted by Crippen LogP contribution is 2.26. The monoisotopic (exact) mass is 246 g/mol. The van der Waals surface area contributed by atoms with E-state index in [1.165, 1.54) is 0 Å². The number of piperidine rings is 1. The maximum atomic E-state index is 11.0. The van der Waals surface area contributed by atoms with Crippen LogP contribution >= 0.6 is 0 Å². The summed E-state index contributed by atoms with van der Waals surface area (Å²) in [5, 5.41) is 12.1. The summed E-state index contributed by atoms with van der Waals surface area (Å²) in [5.74, 6) is 0.264. The Morgan fingerprint density at radius 1 is 1.44 bits per heavy atom. The van der Waals surface area contributed by atoms with E-state index >= 15 is 0 Å². The molecule has 2 aromatic heterocycles. The molecule has 0 radical (unpaired) electrons. The molecular weight excluding hydrogens is 232 g/mol. The number of hydrogen-bond acceptors (Lipinski definition) is 4. The molecule has 2 aromatic rings. The van der Waals surface area contributed by atoms with Gasteiger partial charge in [-0.2, -0.15) is 0 Å². The SMILES string of the molecule is O=C(O)C1CC(c2nccc3nccn23)CCN1. The van der Waals surface area contributed by atoms with E-state index in [1.807, 2.05) is 16.7 Å². The minimum absolute atomic E-state index is 0.158. The van der Waals surface area contributed by atoms with E-state index in [0.29, 0.717) is 13.0 Å². The first-order chi connectivity index (χ1) is 8.75. The third kappa shape index (κ3) is 1.84. The molecule has 0 bridgehead atoms. The molecule has 6 heteroatoms. The zero-order valence-corrected chi connectivity index (χ0v) is 9.78. The van der Waals surface area contributed by atoms with Crippen molar-refractivity contribution in [2.45, 2.75) is 24.8 Å². The Morgan fingerprint density at radius 3 is 3.17 bits per heavy atom. The van der Waals surface area contributed by atoms with Crippen LogP contribution in [0.1, 0.15) is 24.6 Å². The predicted molar refractivity (Wildman–Crippen MR) is 64.4 cm³/mol. The molecule has 0 aliphatic carbocycles. The van der Waals surface area contributed by atoms with Crippen LogP contribution < -0.4 is 5.32 Å². The number of nitrogens with one attached hydrogen (secondary N) is 1. The van der Waals surface area contributed by atoms with Crippen LogP contribution in [0.15, 0.2) is 24.7 Å². The van der Waals surface area contributed by atoms with Crippen LogP contribution in [0.2, 0.25) is 0 Å². The van der Waals surface area contributed by atoms with Crippen LogP contribution in [0.25, 0.3) is 5.65 Å². The fraction of sp³-hybridized carbons (Fsp3) is 0.417. The lowest BCUT2D eigenvalue weighted by Crippen LogP contribution is -2.43. The number of aliphatic carboxylic acids is 1. The molecule has 0 spiro atoms. The molecule has 0 saturated carbocycles. The first-order valence-corrected chi connectivity index (χ1v) is 6.00. The van der Waals surface area contributed by atoms with Gasteiger partial charge in [0.1, 0.15) is 17.5 Å². The Hall–Kier alpha value is -1.95. The summed E-state index contributed by atoms with van der Waals surface area (Å²) in [7, 11) is 0. The molecular formula is C12H14N4O2. The number of fused-ring (bicyclic) bond motifs is 1. The van der Waals surface area contributed by atoms with Gasteiger partial charge < -0.3 is 10.4 Å². The van der Waals surface area contributed by atoms with Gasteiger partial charge in [-0.1, -0.05) is 0 Å². The van der Waals surface area contributed by atoms with Gasteiger partial charge >= 0.3 is 5.97 Å². The number of imidazole rings is 1. The van der Waals surface area contributed by atoms with Gasteiger partial charge in [0.05, 0.1) is 0 Å². The van der Waals surface area contributed by atoms with Crippen molar-refractivity contribution < 1.29 is 9.90 Å². The van der Waals surface area contributed by atoms with Gasteiger partial charge in [0.25, 0.3) is 0 Å². The fourth-order valence-corrected chi connectivity index (χ4v) is 2.52. The maximum Gasteiger partial charge on any atom is 0.320 e. The number of carboxylic acid groups (broad SMARTS) is 1. The van der Waals surface area contributed by atoms with Gasteiger partial charge in [0.15, 0.2) is 0 Å². The van der Waals surface area contributed by atoms with Crippen LogP contribution in [0.5, 0.6) is 0 Å². The molecule has 2 atom stereocenters. The average molecular weight is 246 g/mol. The van der Waals surface area contributed by atoms with Gasteiger partial charge in [0, 0.05) is 24.5 Å². The second kappa shape index (κ2) is 4.38. The molecule has 2 unspecified atom stereocenters. The molecule has 1 fully saturated rings. The van der Waals surface area contributed by atoms with Crippen LogP contribution in [-0.4, -0.2) is 38.0 Å². The normalized spacial score (nSPS) is 24.2. The van der Waals surface area contributed by atoms with E-state index < -0.39 is 12.0 Å². The zero-order valence-electron chi connectivity index (χ0n) is 9.78. The number of rotatable bonds is 2. The second-order valence-corrected chi connectivity index (χ2v) is 4.52. The van der Waals surface area contributed by atoms with E-state index in [0.717, 1.165) is 17.9 Å². The largest absolute Gasteiger partial charge is 0.480 e. The van der Waals surface area contributed by atoms with E-state index in [-0.39, 0.29) is 5.92 Å². The lowest BCUT2D eigenvalue weighted by molar-refractivity contribution is -0.140. The lowest BCUT2D eigenvalue weighted by Gasteiger charge is -2.27. The molecule has 2 N–H and O–H groups in total. The Bertz CT molecular complexity index is 580. The Morgan fingerprint density at radius 2 is 2.33 bits per heavy atom. The van der Waals surface area contributed by atoms with Crippen molar-refractivity contribution in [3.8, 4) is 0 Å². The highest BCUT2D eigenvalue weighted by atomic mass is 16.4. The Balaban J connectivity index is 1.94. The van der Waals surface area contributed by atoms with Gasteiger partial charge in [-0.3, -0.25) is 9.20 Å². The van der Waals surface area contributed by atoms with Gasteiger partial charge in [-0.15, -0.1) is 0 Å². The summed E-state index contributed by atoms with van der Waals surface area (Å²) < 4.78 is 1.94. The summed E-state index contributed by atoms with van der Waals surface area (Å²) >= 11 is 0. The van der Waals surface area contributed by atoms with E-state index in [1.54, 1.807) is 12.4 Å². The van der Waals surface area contributed by atoms with Crippen LogP contribution in [-0.2, 0) is 4.79 Å². The molecule has 0 aromatic carbocycles. The molecule has 1 aliphatic rings. The smallest absolute Gasteiger partial charge is 0.320 e. The summed E-state index contributed by atoms with van der Waals surface area (Å²) in [4.78, 5) is 19.7. The molecule has 3 heterocycles. The molecule has 94 valence electrons. The molecule has 18 heavy (non-hydrogen) atoms. The molecule has 1 saturated heterocycles. The predicted octanol–water partition coefficient (Wildman–Crippen LogP) is 0.649. The number of nitrogens with zero attached hydrogens (tertiary/aromatic N) is 3. The van der Waals surface area contributed by atoms with E-state index in [2.05, 4.69) is 15.3 Å². The zero-order chi connectivity index (χ0) is 12.5. The highest BCUT2D eigenvalue weighted by Gasteiger charge is 2.29. The first kappa shape index (κ1) is 11.2. The minimum atomic E-state index is -0.794. The van der Waals surface area contributed by atoms with Crippen molar-refractivity contribution in [2.75, 3.05) is 6.54 Å². The number of carboxylic acids is 1. The van der Waals surface area contributed by atoms with Crippen molar-refractivity contribution >= 4 is 11.6 Å². The summed E-state index contributed by atoms with van der Waals surface area (Å²) in [5.41, 5.74) is 0.852. The van der Waals surface area contributed by atoms with Gasteiger partial charge in [-0.05, 0) is 25.5 Å². The second-order valence-electron chi connectivity index (χ2n) is 4.52. The quantitative estimate of drug-likeness (QED) is 0.813. The molecule has 3 rings (SSSR count). The van der Waals surface area contributed by atoms with Crippen LogP contribution in [0.3, 0.4) is 0 Å². The highest BCUT2D eigenvalue weighted by molar-refractivity contribution is 5.73. The number of hydrogen-bond donors (Lipinski definition) is 2. The van der Waals surface area contributed by atoms with Gasteiger partial charge in [-0.25, -0.2) is 9.97 Å². The van der Waals surface area contributed by atoms with Crippen molar-refractivity contribution in [1.29, 1.82) is 0 Å². The first-order valence-electron chi connectivity index (χ1n) is 6.00. The standard InChI is InChI=1S/C12H14N4O2/c17-12(18)9-7-8(1-3-13-9)11-15-4-2-10-14-5-6-16(10)11/h2,4-6,8-9,13H,1,3,7H2,(H,17,18). The maximum absolute atomic E-state index is 11.0. The topological polar surface area (TPSA) is 79.5 Å². The van der Waals surface area contributed by atoms with E-state index in [4.69, 9.17) is 5.11 Å². The average Bonchev–Trinajstić information content (AvgIpc) is 2.87. The summed E-state index contributed by atoms with van der Waals surface area (Å²) in [6, 6.07) is 1.36. The molecule has 1 aliphatic heterocycles. The van der Waals surface area contributed by atoms with Crippen LogP contribution in [0, 0.1) is 0 Å². The summed E-state index contributed by atoms with van der Waals surface area (Å²) in [6.07, 6.45) is 6.80. The van der Waals surface area contributed by atoms with Crippen LogP contribution in [0.4, 0.5) is 0 Å². The number of carbonyl (C=O) groups is 1. The van der Waals surface area contributed by atoms with Crippen molar-refractivity contribution in [2.24, 2.45) is 0 Å². The Kier molecular flexibility index (Phi) is 2.71.